The Kier molecular flexibility index (Phi) is 7.31. The van der Waals surface area contributed by atoms with Gasteiger partial charge in [-0.05, 0) is 50.4 Å². The lowest BCUT2D eigenvalue weighted by molar-refractivity contribution is -0.126. The second kappa shape index (κ2) is 9.92. The van der Waals surface area contributed by atoms with Crippen molar-refractivity contribution in [2.75, 3.05) is 39.8 Å². The third kappa shape index (κ3) is 5.47. The summed E-state index contributed by atoms with van der Waals surface area (Å²) >= 11 is 0. The summed E-state index contributed by atoms with van der Waals surface area (Å²) in [6.45, 7) is 7.78. The third-order valence-corrected chi connectivity index (χ3v) is 5.96. The van der Waals surface area contributed by atoms with Crippen LogP contribution in [-0.4, -0.2) is 66.4 Å². The molecule has 2 aliphatic heterocycles. The molecule has 1 N–H and O–H groups in total. The molecule has 1 aromatic rings. The summed E-state index contributed by atoms with van der Waals surface area (Å²) in [5.74, 6) is 0.126. The van der Waals surface area contributed by atoms with Crippen LogP contribution in [0.4, 0.5) is 4.79 Å². The van der Waals surface area contributed by atoms with Crippen LogP contribution in [0.1, 0.15) is 43.7 Å². The molecule has 3 amide bonds. The highest BCUT2D eigenvalue weighted by Crippen LogP contribution is 2.20. The predicted molar refractivity (Wildman–Crippen MR) is 111 cm³/mol. The van der Waals surface area contributed by atoms with E-state index in [2.05, 4.69) is 48.5 Å². The van der Waals surface area contributed by atoms with Crippen molar-refractivity contribution in [2.45, 2.75) is 45.7 Å². The predicted octanol–water partition coefficient (Wildman–Crippen LogP) is 2.68. The molecule has 2 heterocycles. The number of urea groups is 1. The molecule has 3 rings (SSSR count). The zero-order valence-electron chi connectivity index (χ0n) is 17.3. The first-order valence-electron chi connectivity index (χ1n) is 10.6. The van der Waals surface area contributed by atoms with Gasteiger partial charge in [0.1, 0.15) is 0 Å². The number of amides is 3. The molecule has 0 radical (unpaired) electrons. The highest BCUT2D eigenvalue weighted by Gasteiger charge is 2.30. The molecule has 0 aromatic heterocycles. The average molecular weight is 387 g/mol. The fraction of sp³-hybridized carbons (Fsp3) is 0.636. The van der Waals surface area contributed by atoms with Gasteiger partial charge in [-0.2, -0.15) is 0 Å². The second-order valence-corrected chi connectivity index (χ2v) is 8.11. The molecule has 0 bridgehead atoms. The van der Waals surface area contributed by atoms with Gasteiger partial charge < -0.3 is 20.0 Å². The molecule has 0 saturated carbocycles. The summed E-state index contributed by atoms with van der Waals surface area (Å²) in [7, 11) is 2.11. The minimum absolute atomic E-state index is 0.0111. The molecule has 2 saturated heterocycles. The van der Waals surface area contributed by atoms with Crippen LogP contribution in [-0.2, 0) is 17.9 Å². The number of likely N-dealkylation sites (tertiary alicyclic amines) is 2. The van der Waals surface area contributed by atoms with Gasteiger partial charge >= 0.3 is 6.03 Å². The largest absolute Gasteiger partial charge is 0.352 e. The summed E-state index contributed by atoms with van der Waals surface area (Å²) in [5, 5.41) is 3.10. The van der Waals surface area contributed by atoms with Crippen molar-refractivity contribution in [3.8, 4) is 0 Å². The summed E-state index contributed by atoms with van der Waals surface area (Å²) in [6.07, 6.45) is 3.74. The number of nitrogens with one attached hydrogen (secondary N) is 1. The SMILES string of the molecule is CCN(C)Cc1cccc(CNC(=O)C2CCN(C(=O)N3CCCC3)CC2)c1. The lowest BCUT2D eigenvalue weighted by atomic mass is 9.96. The van der Waals surface area contributed by atoms with Crippen molar-refractivity contribution in [3.63, 3.8) is 0 Å². The summed E-state index contributed by atoms with van der Waals surface area (Å²) in [5.41, 5.74) is 2.40. The maximum absolute atomic E-state index is 12.6. The highest BCUT2D eigenvalue weighted by molar-refractivity contribution is 5.79. The first kappa shape index (κ1) is 20.6. The van der Waals surface area contributed by atoms with Crippen molar-refractivity contribution in [3.05, 3.63) is 35.4 Å². The van der Waals surface area contributed by atoms with Crippen molar-refractivity contribution < 1.29 is 9.59 Å². The van der Waals surface area contributed by atoms with E-state index in [0.29, 0.717) is 19.6 Å². The van der Waals surface area contributed by atoms with Crippen LogP contribution in [0.5, 0.6) is 0 Å². The molecule has 28 heavy (non-hydrogen) atoms. The van der Waals surface area contributed by atoms with Crippen LogP contribution in [0, 0.1) is 5.92 Å². The number of carbonyl (C=O) groups excluding carboxylic acids is 2. The highest BCUT2D eigenvalue weighted by atomic mass is 16.2. The fourth-order valence-electron chi connectivity index (χ4n) is 4.04. The zero-order valence-corrected chi connectivity index (χ0v) is 17.3. The van der Waals surface area contributed by atoms with Gasteiger partial charge in [-0.15, -0.1) is 0 Å². The first-order chi connectivity index (χ1) is 13.6. The minimum atomic E-state index is 0.0111. The monoisotopic (exact) mass is 386 g/mol. The molecule has 2 fully saturated rings. The lowest BCUT2D eigenvalue weighted by Crippen LogP contribution is -2.47. The Labute approximate surface area is 168 Å². The molecule has 0 atom stereocenters. The molecule has 6 nitrogen and oxygen atoms in total. The van der Waals surface area contributed by atoms with E-state index < -0.39 is 0 Å². The van der Waals surface area contributed by atoms with Gasteiger partial charge in [0.15, 0.2) is 0 Å². The van der Waals surface area contributed by atoms with E-state index in [0.717, 1.165) is 57.4 Å². The molecule has 1 aromatic carbocycles. The zero-order chi connectivity index (χ0) is 19.9. The summed E-state index contributed by atoms with van der Waals surface area (Å²) in [6, 6.07) is 8.58. The van der Waals surface area contributed by atoms with Crippen molar-refractivity contribution in [2.24, 2.45) is 5.92 Å². The maximum atomic E-state index is 12.6. The normalized spacial score (nSPS) is 18.0. The van der Waals surface area contributed by atoms with E-state index in [1.54, 1.807) is 0 Å². The van der Waals surface area contributed by atoms with Crippen LogP contribution in [0.25, 0.3) is 0 Å². The van der Waals surface area contributed by atoms with E-state index in [9.17, 15) is 9.59 Å². The van der Waals surface area contributed by atoms with Crippen LogP contribution in [0.3, 0.4) is 0 Å². The Morgan fingerprint density at radius 2 is 1.71 bits per heavy atom. The number of hydrogen-bond donors (Lipinski definition) is 1. The Hall–Kier alpha value is -2.08. The van der Waals surface area contributed by atoms with Gasteiger partial charge in [-0.1, -0.05) is 31.2 Å². The van der Waals surface area contributed by atoms with Crippen molar-refractivity contribution >= 4 is 11.9 Å². The Balaban J connectivity index is 1.43. The molecular weight excluding hydrogens is 352 g/mol. The average Bonchev–Trinajstić information content (AvgIpc) is 3.26. The number of hydrogen-bond acceptors (Lipinski definition) is 3. The van der Waals surface area contributed by atoms with Crippen molar-refractivity contribution in [1.29, 1.82) is 0 Å². The topological polar surface area (TPSA) is 55.9 Å². The van der Waals surface area contributed by atoms with E-state index in [1.807, 2.05) is 9.80 Å². The number of benzene rings is 1. The molecular formula is C22H34N4O2. The summed E-state index contributed by atoms with van der Waals surface area (Å²) < 4.78 is 0. The van der Waals surface area contributed by atoms with Crippen LogP contribution >= 0.6 is 0 Å². The molecule has 6 heteroatoms. The smallest absolute Gasteiger partial charge is 0.319 e. The Morgan fingerprint density at radius 3 is 2.39 bits per heavy atom. The number of rotatable bonds is 6. The van der Waals surface area contributed by atoms with Gasteiger partial charge in [-0.3, -0.25) is 4.79 Å². The molecule has 0 spiro atoms. The number of nitrogens with zero attached hydrogens (tertiary/aromatic N) is 3. The fourth-order valence-corrected chi connectivity index (χ4v) is 4.04. The van der Waals surface area contributed by atoms with Gasteiger partial charge in [-0.25, -0.2) is 4.79 Å². The second-order valence-electron chi connectivity index (χ2n) is 8.11. The van der Waals surface area contributed by atoms with Gasteiger partial charge in [0.25, 0.3) is 0 Å². The maximum Gasteiger partial charge on any atom is 0.319 e. The van der Waals surface area contributed by atoms with Crippen LogP contribution < -0.4 is 5.32 Å². The minimum Gasteiger partial charge on any atom is -0.352 e. The van der Waals surface area contributed by atoms with E-state index in [4.69, 9.17) is 0 Å². The molecule has 154 valence electrons. The third-order valence-electron chi connectivity index (χ3n) is 5.96. The molecule has 0 unspecified atom stereocenters. The van der Waals surface area contributed by atoms with Gasteiger partial charge in [0, 0.05) is 45.2 Å². The lowest BCUT2D eigenvalue weighted by Gasteiger charge is -2.34. The Bertz CT molecular complexity index is 664. The van der Waals surface area contributed by atoms with Crippen molar-refractivity contribution in [1.82, 2.24) is 20.0 Å². The molecule has 2 aliphatic rings. The number of piperidine rings is 1. The number of carbonyl (C=O) groups is 2. The first-order valence-corrected chi connectivity index (χ1v) is 10.6. The van der Waals surface area contributed by atoms with Crippen LogP contribution in [0.15, 0.2) is 24.3 Å². The Morgan fingerprint density at radius 1 is 1.07 bits per heavy atom. The van der Waals surface area contributed by atoms with E-state index in [-0.39, 0.29) is 17.9 Å². The van der Waals surface area contributed by atoms with Gasteiger partial charge in [0.2, 0.25) is 5.91 Å². The molecule has 0 aliphatic carbocycles. The van der Waals surface area contributed by atoms with Crippen LogP contribution in [0.2, 0.25) is 0 Å². The standard InChI is InChI=1S/C22H34N4O2/c1-3-24(2)17-19-8-6-7-18(15-19)16-23-21(27)20-9-13-26(14-10-20)22(28)25-11-4-5-12-25/h6-8,15,20H,3-5,9-14,16-17H2,1-2H3,(H,23,27). The van der Waals surface area contributed by atoms with Gasteiger partial charge in [0.05, 0.1) is 0 Å². The summed E-state index contributed by atoms with van der Waals surface area (Å²) in [4.78, 5) is 31.2. The van der Waals surface area contributed by atoms with E-state index in [1.165, 1.54) is 5.56 Å². The quantitative estimate of drug-likeness (QED) is 0.818. The van der Waals surface area contributed by atoms with E-state index >= 15 is 0 Å².